The van der Waals surface area contributed by atoms with Crippen molar-refractivity contribution < 1.29 is 0 Å². The fraction of sp³-hybridized carbons (Fsp3) is 0.188. The normalized spacial score (nSPS) is 13.1. The number of nitriles is 1. The monoisotopic (exact) mass is 299 g/mol. The van der Waals surface area contributed by atoms with Crippen molar-refractivity contribution in [3.05, 3.63) is 59.2 Å². The molecule has 2 aromatic rings. The van der Waals surface area contributed by atoms with Crippen LogP contribution in [-0.4, -0.2) is 15.0 Å². The van der Waals surface area contributed by atoms with E-state index in [9.17, 15) is 5.26 Å². The summed E-state index contributed by atoms with van der Waals surface area (Å²) in [6.45, 7) is 0. The molecule has 0 fully saturated rings. The Hall–Kier alpha value is -1.55. The van der Waals surface area contributed by atoms with Crippen LogP contribution in [0, 0.1) is 11.3 Å². The summed E-state index contributed by atoms with van der Waals surface area (Å²) in [5.74, 6) is 0. The Morgan fingerprint density at radius 1 is 1.00 bits per heavy atom. The maximum absolute atomic E-state index is 9.29. The number of hydrogen-bond donors (Lipinski definition) is 0. The van der Waals surface area contributed by atoms with Crippen LogP contribution >= 0.6 is 0 Å². The van der Waals surface area contributed by atoms with E-state index in [0.29, 0.717) is 0 Å². The van der Waals surface area contributed by atoms with Gasteiger partial charge in [0.1, 0.15) is 0 Å². The molecule has 1 aliphatic rings. The summed E-state index contributed by atoms with van der Waals surface area (Å²) in [5, 5.41) is 9.29. The van der Waals surface area contributed by atoms with Crippen LogP contribution in [0.1, 0.15) is 23.1 Å². The molecule has 0 saturated heterocycles. The number of nitrogens with zero attached hydrogens (tertiary/aromatic N) is 1. The molecule has 88 valence electrons. The molecule has 1 aliphatic carbocycles. The van der Waals surface area contributed by atoms with Crippen LogP contribution in [-0.2, 0) is 12.8 Å². The zero-order valence-electron chi connectivity index (χ0n) is 10.0. The van der Waals surface area contributed by atoms with Gasteiger partial charge in [-0.15, -0.1) is 0 Å². The Labute approximate surface area is 114 Å². The summed E-state index contributed by atoms with van der Waals surface area (Å²) in [6, 6.07) is 17.2. The third-order valence-corrected chi connectivity index (χ3v) is 5.52. The van der Waals surface area contributed by atoms with Crippen molar-refractivity contribution in [3.8, 4) is 6.07 Å². The van der Waals surface area contributed by atoms with Gasteiger partial charge in [0.15, 0.2) is 0 Å². The fourth-order valence-corrected chi connectivity index (χ4v) is 4.41. The molecule has 0 amide bonds. The van der Waals surface area contributed by atoms with Crippen LogP contribution in [0.15, 0.2) is 42.5 Å². The number of rotatable bonds is 2. The van der Waals surface area contributed by atoms with Crippen LogP contribution in [0.3, 0.4) is 0 Å². The molecule has 0 aromatic heterocycles. The first-order valence-corrected chi connectivity index (χ1v) is 7.87. The van der Waals surface area contributed by atoms with E-state index >= 15 is 0 Å². The summed E-state index contributed by atoms with van der Waals surface area (Å²) in [4.78, 5) is 0. The molecular weight excluding hydrogens is 285 g/mol. The number of fused-ring (bicyclic) bond motifs is 1. The van der Waals surface area contributed by atoms with Crippen LogP contribution in [0.2, 0.25) is 0 Å². The first kappa shape index (κ1) is 11.5. The van der Waals surface area contributed by atoms with Gasteiger partial charge in [-0.1, -0.05) is 0 Å². The molecule has 0 atom stereocenters. The van der Waals surface area contributed by atoms with E-state index in [-0.39, 0.29) is 15.0 Å². The van der Waals surface area contributed by atoms with Crippen molar-refractivity contribution in [1.82, 2.24) is 0 Å². The molecular formula is C16H13NSe. The zero-order chi connectivity index (χ0) is 12.4. The zero-order valence-corrected chi connectivity index (χ0v) is 11.7. The average Bonchev–Trinajstić information content (AvgIpc) is 2.86. The molecule has 18 heavy (non-hydrogen) atoms. The van der Waals surface area contributed by atoms with Gasteiger partial charge in [-0.25, -0.2) is 0 Å². The first-order chi connectivity index (χ1) is 8.86. The molecule has 0 aliphatic heterocycles. The summed E-state index contributed by atoms with van der Waals surface area (Å²) >= 11 is 0.240. The van der Waals surface area contributed by atoms with Gasteiger partial charge in [-0.3, -0.25) is 0 Å². The first-order valence-electron chi connectivity index (χ1n) is 6.15. The van der Waals surface area contributed by atoms with Crippen molar-refractivity contribution >= 4 is 23.9 Å². The van der Waals surface area contributed by atoms with Crippen molar-refractivity contribution in [3.63, 3.8) is 0 Å². The van der Waals surface area contributed by atoms with E-state index in [0.717, 1.165) is 12.0 Å². The number of aryl methyl sites for hydroxylation is 2. The van der Waals surface area contributed by atoms with Crippen molar-refractivity contribution in [1.29, 1.82) is 5.26 Å². The van der Waals surface area contributed by atoms with Gasteiger partial charge in [0.25, 0.3) is 0 Å². The van der Waals surface area contributed by atoms with Gasteiger partial charge < -0.3 is 0 Å². The molecule has 0 unspecified atom stereocenters. The predicted molar refractivity (Wildman–Crippen MR) is 74.6 cm³/mol. The van der Waals surface area contributed by atoms with Gasteiger partial charge in [-0.05, 0) is 0 Å². The van der Waals surface area contributed by atoms with Gasteiger partial charge in [-0.2, -0.15) is 0 Å². The molecule has 2 aromatic carbocycles. The molecule has 0 heterocycles. The van der Waals surface area contributed by atoms with E-state index in [4.69, 9.17) is 0 Å². The van der Waals surface area contributed by atoms with Crippen LogP contribution in [0.25, 0.3) is 0 Å². The SMILES string of the molecule is N#Cc1cc2c(cc1[Se]c1ccccc1)CCC2. The molecule has 0 N–H and O–H groups in total. The number of benzene rings is 2. The number of hydrogen-bond acceptors (Lipinski definition) is 1. The molecule has 0 radical (unpaired) electrons. The summed E-state index contributed by atoms with van der Waals surface area (Å²) < 4.78 is 2.57. The van der Waals surface area contributed by atoms with E-state index in [1.54, 1.807) is 0 Å². The van der Waals surface area contributed by atoms with Crippen molar-refractivity contribution in [2.75, 3.05) is 0 Å². The van der Waals surface area contributed by atoms with Gasteiger partial charge in [0, 0.05) is 0 Å². The third kappa shape index (κ3) is 2.20. The molecule has 0 saturated carbocycles. The van der Waals surface area contributed by atoms with Gasteiger partial charge in [0.05, 0.1) is 0 Å². The van der Waals surface area contributed by atoms with Gasteiger partial charge >= 0.3 is 114 Å². The standard InChI is InChI=1S/C16H13NSe/c17-11-14-9-12-5-4-6-13(12)10-16(14)18-15-7-2-1-3-8-15/h1-3,7-10H,4-6H2. The predicted octanol–water partition coefficient (Wildman–Crippen LogP) is 1.70. The maximum atomic E-state index is 9.29. The van der Waals surface area contributed by atoms with Gasteiger partial charge in [0.2, 0.25) is 0 Å². The topological polar surface area (TPSA) is 23.8 Å². The summed E-state index contributed by atoms with van der Waals surface area (Å²) in [6.07, 6.45) is 3.56. The average molecular weight is 298 g/mol. The quantitative estimate of drug-likeness (QED) is 0.774. The van der Waals surface area contributed by atoms with Crippen LogP contribution < -0.4 is 8.92 Å². The molecule has 0 bridgehead atoms. The summed E-state index contributed by atoms with van der Waals surface area (Å²) in [7, 11) is 0. The molecule has 1 nitrogen and oxygen atoms in total. The third-order valence-electron chi connectivity index (χ3n) is 3.29. The Kier molecular flexibility index (Phi) is 3.19. The van der Waals surface area contributed by atoms with E-state index in [2.05, 4.69) is 42.5 Å². The minimum atomic E-state index is 0.240. The van der Waals surface area contributed by atoms with Crippen molar-refractivity contribution in [2.24, 2.45) is 0 Å². The van der Waals surface area contributed by atoms with Crippen LogP contribution in [0.4, 0.5) is 0 Å². The second kappa shape index (κ2) is 4.98. The van der Waals surface area contributed by atoms with E-state index < -0.39 is 0 Å². The Morgan fingerprint density at radius 2 is 1.72 bits per heavy atom. The Morgan fingerprint density at radius 3 is 2.44 bits per heavy atom. The molecule has 3 rings (SSSR count). The molecule has 2 heteroatoms. The minimum absolute atomic E-state index is 0.240. The van der Waals surface area contributed by atoms with Crippen LogP contribution in [0.5, 0.6) is 0 Å². The second-order valence-electron chi connectivity index (χ2n) is 4.50. The van der Waals surface area contributed by atoms with E-state index in [1.165, 1.54) is 32.9 Å². The van der Waals surface area contributed by atoms with E-state index in [1.807, 2.05) is 6.07 Å². The molecule has 0 spiro atoms. The van der Waals surface area contributed by atoms with Crippen molar-refractivity contribution in [2.45, 2.75) is 19.3 Å². The Bertz CT molecular complexity index is 611. The second-order valence-corrected chi connectivity index (χ2v) is 6.84. The fourth-order valence-electron chi connectivity index (χ4n) is 2.39. The Balaban J connectivity index is 1.99. The summed E-state index contributed by atoms with van der Waals surface area (Å²) in [5.41, 5.74) is 3.72.